The number of piperidine rings is 1. The van der Waals surface area contributed by atoms with Crippen LogP contribution in [0, 0.1) is 19.8 Å². The predicted molar refractivity (Wildman–Crippen MR) is 123 cm³/mol. The van der Waals surface area contributed by atoms with Crippen LogP contribution in [-0.2, 0) is 4.79 Å². The summed E-state index contributed by atoms with van der Waals surface area (Å²) < 4.78 is 6.01. The van der Waals surface area contributed by atoms with Crippen LogP contribution in [0.1, 0.15) is 37.3 Å². The molecule has 1 fully saturated rings. The fourth-order valence-corrected chi connectivity index (χ4v) is 4.30. The minimum Gasteiger partial charge on any atom is -0.486 e. The zero-order valence-electron chi connectivity index (χ0n) is 18.6. The third-order valence-electron chi connectivity index (χ3n) is 6.31. The first-order valence-electron chi connectivity index (χ1n) is 11.2. The molecule has 6 heteroatoms. The van der Waals surface area contributed by atoms with Crippen molar-refractivity contribution in [2.75, 3.05) is 29.9 Å². The molecule has 2 aliphatic heterocycles. The lowest BCUT2D eigenvalue weighted by Crippen LogP contribution is -2.52. The number of hydrogen-bond donors (Lipinski definition) is 1. The zero-order chi connectivity index (χ0) is 22.0. The van der Waals surface area contributed by atoms with Crippen molar-refractivity contribution >= 4 is 23.3 Å². The van der Waals surface area contributed by atoms with Gasteiger partial charge in [0.05, 0.1) is 12.2 Å². The number of fused-ring (bicyclic) bond motifs is 1. The Bertz CT molecular complexity index is 966. The number of likely N-dealkylation sites (tertiary alicyclic amines) is 1. The maximum Gasteiger partial charge on any atom is 0.324 e. The quantitative estimate of drug-likeness (QED) is 0.778. The van der Waals surface area contributed by atoms with Crippen LogP contribution in [0.15, 0.2) is 42.5 Å². The van der Waals surface area contributed by atoms with Crippen molar-refractivity contribution in [2.24, 2.45) is 5.92 Å². The Morgan fingerprint density at radius 2 is 1.84 bits per heavy atom. The van der Waals surface area contributed by atoms with Gasteiger partial charge in [0.2, 0.25) is 5.91 Å². The van der Waals surface area contributed by atoms with Gasteiger partial charge < -0.3 is 15.0 Å². The van der Waals surface area contributed by atoms with Crippen molar-refractivity contribution < 1.29 is 14.3 Å². The number of rotatable bonds is 3. The maximum absolute atomic E-state index is 13.3. The Labute approximate surface area is 184 Å². The number of nitrogens with zero attached hydrogens (tertiary/aromatic N) is 2. The molecule has 2 aromatic rings. The first-order chi connectivity index (χ1) is 15.0. The Kier molecular flexibility index (Phi) is 6.16. The van der Waals surface area contributed by atoms with Gasteiger partial charge >= 0.3 is 6.03 Å². The van der Waals surface area contributed by atoms with E-state index in [9.17, 15) is 9.59 Å². The SMILES string of the molecule is CC[C@@H]1CN(C(=O)N2CCC(C(=O)Nc3cc(C)ccc3C)CC2)c2ccccc2O1. The molecule has 0 spiro atoms. The minimum atomic E-state index is -0.0793. The molecule has 1 atom stereocenters. The highest BCUT2D eigenvalue weighted by Gasteiger charge is 2.34. The Hall–Kier alpha value is -3.02. The summed E-state index contributed by atoms with van der Waals surface area (Å²) in [5, 5.41) is 3.09. The van der Waals surface area contributed by atoms with Crippen LogP contribution in [-0.4, -0.2) is 42.6 Å². The largest absolute Gasteiger partial charge is 0.486 e. The van der Waals surface area contributed by atoms with Crippen LogP contribution < -0.4 is 15.0 Å². The van der Waals surface area contributed by atoms with E-state index in [1.54, 1.807) is 0 Å². The lowest BCUT2D eigenvalue weighted by atomic mass is 9.95. The molecule has 164 valence electrons. The van der Waals surface area contributed by atoms with E-state index in [1.807, 2.05) is 66.1 Å². The second kappa shape index (κ2) is 9.00. The summed E-state index contributed by atoms with van der Waals surface area (Å²) >= 11 is 0. The van der Waals surface area contributed by atoms with Gasteiger partial charge in [0.15, 0.2) is 0 Å². The van der Waals surface area contributed by atoms with E-state index >= 15 is 0 Å². The highest BCUT2D eigenvalue weighted by atomic mass is 16.5. The molecule has 2 aliphatic rings. The minimum absolute atomic E-state index is 0.000245. The molecule has 0 saturated carbocycles. The number of carbonyl (C=O) groups is 2. The van der Waals surface area contributed by atoms with E-state index in [0.717, 1.165) is 34.7 Å². The standard InChI is InChI=1S/C25H31N3O3/c1-4-20-16-28(22-7-5-6-8-23(22)31-20)25(30)27-13-11-19(12-14-27)24(29)26-21-15-17(2)9-10-18(21)3/h5-10,15,19-20H,4,11-14,16H2,1-3H3,(H,26,29)/t20-/m1/s1. The van der Waals surface area contributed by atoms with Crippen LogP contribution >= 0.6 is 0 Å². The van der Waals surface area contributed by atoms with E-state index in [1.165, 1.54) is 0 Å². The molecule has 1 N–H and O–H groups in total. The van der Waals surface area contributed by atoms with Crippen molar-refractivity contribution in [3.63, 3.8) is 0 Å². The van der Waals surface area contributed by atoms with Crippen molar-refractivity contribution in [3.8, 4) is 5.75 Å². The number of aryl methyl sites for hydroxylation is 2. The topological polar surface area (TPSA) is 61.9 Å². The van der Waals surface area contributed by atoms with Gasteiger partial charge in [-0.05, 0) is 62.4 Å². The van der Waals surface area contributed by atoms with Crippen LogP contribution in [0.4, 0.5) is 16.2 Å². The number of hydrogen-bond acceptors (Lipinski definition) is 3. The number of amides is 3. The lowest BCUT2D eigenvalue weighted by molar-refractivity contribution is -0.121. The van der Waals surface area contributed by atoms with Gasteiger partial charge in [-0.1, -0.05) is 31.2 Å². The molecule has 0 aromatic heterocycles. The van der Waals surface area contributed by atoms with Crippen LogP contribution in [0.25, 0.3) is 0 Å². The third-order valence-corrected chi connectivity index (χ3v) is 6.31. The molecule has 4 rings (SSSR count). The normalized spacial score (nSPS) is 18.9. The maximum atomic E-state index is 13.3. The predicted octanol–water partition coefficient (Wildman–Crippen LogP) is 4.75. The average Bonchev–Trinajstić information content (AvgIpc) is 2.80. The van der Waals surface area contributed by atoms with E-state index in [2.05, 4.69) is 12.2 Å². The van der Waals surface area contributed by atoms with Crippen molar-refractivity contribution in [1.29, 1.82) is 0 Å². The summed E-state index contributed by atoms with van der Waals surface area (Å²) in [6.07, 6.45) is 2.19. The third kappa shape index (κ3) is 4.53. The van der Waals surface area contributed by atoms with Crippen molar-refractivity contribution in [3.05, 3.63) is 53.6 Å². The van der Waals surface area contributed by atoms with Crippen molar-refractivity contribution in [2.45, 2.75) is 46.1 Å². The van der Waals surface area contributed by atoms with E-state index in [0.29, 0.717) is 32.5 Å². The van der Waals surface area contributed by atoms with Gasteiger partial charge in [-0.3, -0.25) is 9.69 Å². The number of para-hydroxylation sites is 2. The molecule has 1 saturated heterocycles. The molecule has 0 radical (unpaired) electrons. The molecule has 0 unspecified atom stereocenters. The summed E-state index contributed by atoms with van der Waals surface area (Å²) in [6.45, 7) is 7.81. The summed E-state index contributed by atoms with van der Waals surface area (Å²) in [5.74, 6) is 0.727. The molecular weight excluding hydrogens is 390 g/mol. The second-order valence-electron chi connectivity index (χ2n) is 8.58. The lowest BCUT2D eigenvalue weighted by Gasteiger charge is -2.39. The van der Waals surface area contributed by atoms with Gasteiger partial charge in [0, 0.05) is 24.7 Å². The Morgan fingerprint density at radius 1 is 1.10 bits per heavy atom. The van der Waals surface area contributed by atoms with E-state index in [4.69, 9.17) is 4.74 Å². The molecule has 31 heavy (non-hydrogen) atoms. The van der Waals surface area contributed by atoms with Gasteiger partial charge in [-0.15, -0.1) is 0 Å². The van der Waals surface area contributed by atoms with E-state index < -0.39 is 0 Å². The van der Waals surface area contributed by atoms with Gasteiger partial charge in [-0.25, -0.2) is 4.79 Å². The van der Waals surface area contributed by atoms with Crippen molar-refractivity contribution in [1.82, 2.24) is 4.90 Å². The fraction of sp³-hybridized carbons (Fsp3) is 0.440. The molecule has 6 nitrogen and oxygen atoms in total. The molecule has 3 amide bonds. The summed E-state index contributed by atoms with van der Waals surface area (Å²) in [7, 11) is 0. The molecule has 2 heterocycles. The monoisotopic (exact) mass is 421 g/mol. The molecule has 0 bridgehead atoms. The highest BCUT2D eigenvalue weighted by Crippen LogP contribution is 2.35. The van der Waals surface area contributed by atoms with Gasteiger partial charge in [0.1, 0.15) is 11.9 Å². The summed E-state index contributed by atoms with van der Waals surface area (Å²) in [4.78, 5) is 29.8. The average molecular weight is 422 g/mol. The molecule has 2 aromatic carbocycles. The Balaban J connectivity index is 1.39. The second-order valence-corrected chi connectivity index (χ2v) is 8.58. The van der Waals surface area contributed by atoms with E-state index in [-0.39, 0.29) is 24.0 Å². The van der Waals surface area contributed by atoms with Gasteiger partial charge in [0.25, 0.3) is 0 Å². The fourth-order valence-electron chi connectivity index (χ4n) is 4.30. The summed E-state index contributed by atoms with van der Waals surface area (Å²) in [6, 6.07) is 13.8. The number of urea groups is 1. The van der Waals surface area contributed by atoms with Crippen LogP contribution in [0.5, 0.6) is 5.75 Å². The number of anilines is 2. The van der Waals surface area contributed by atoms with Gasteiger partial charge in [-0.2, -0.15) is 0 Å². The Morgan fingerprint density at radius 3 is 2.58 bits per heavy atom. The van der Waals surface area contributed by atoms with Crippen LogP contribution in [0.3, 0.4) is 0 Å². The first-order valence-corrected chi connectivity index (χ1v) is 11.2. The number of benzene rings is 2. The molecular formula is C25H31N3O3. The summed E-state index contributed by atoms with van der Waals surface area (Å²) in [5.41, 5.74) is 3.88. The highest BCUT2D eigenvalue weighted by molar-refractivity contribution is 5.95. The smallest absolute Gasteiger partial charge is 0.324 e. The number of nitrogens with one attached hydrogen (secondary N) is 1. The molecule has 0 aliphatic carbocycles. The number of carbonyl (C=O) groups excluding carboxylic acids is 2. The first kappa shape index (κ1) is 21.2. The zero-order valence-corrected chi connectivity index (χ0v) is 18.6. The van der Waals surface area contributed by atoms with Crippen LogP contribution in [0.2, 0.25) is 0 Å². The number of ether oxygens (including phenoxy) is 1.